The highest BCUT2D eigenvalue weighted by molar-refractivity contribution is 6.65. The van der Waals surface area contributed by atoms with Gasteiger partial charge >= 0.3 is 8.56 Å². The Morgan fingerprint density at radius 1 is 1.27 bits per heavy atom. The van der Waals surface area contributed by atoms with Gasteiger partial charge in [0.25, 0.3) is 0 Å². The van der Waals surface area contributed by atoms with E-state index in [0.29, 0.717) is 6.54 Å². The van der Waals surface area contributed by atoms with Crippen molar-refractivity contribution in [3.8, 4) is 0 Å². The second-order valence-corrected chi connectivity index (χ2v) is 7.70. The van der Waals surface area contributed by atoms with E-state index >= 15 is 0 Å². The highest BCUT2D eigenvalue weighted by atomic mass is 28.4. The van der Waals surface area contributed by atoms with Gasteiger partial charge in [0.15, 0.2) is 0 Å². The molecule has 0 aliphatic heterocycles. The van der Waals surface area contributed by atoms with Crippen molar-refractivity contribution in [1.29, 1.82) is 0 Å². The highest BCUT2D eigenvalue weighted by Crippen LogP contribution is 2.14. The van der Waals surface area contributed by atoms with Crippen LogP contribution in [0.1, 0.15) is 12.8 Å². The SMILES string of the molecule is CO[Si](C)(CCCN)OCCCN(C)C. The van der Waals surface area contributed by atoms with Crippen LogP contribution >= 0.6 is 0 Å². The molecule has 15 heavy (non-hydrogen) atoms. The molecule has 0 amide bonds. The molecule has 92 valence electrons. The van der Waals surface area contributed by atoms with Crippen molar-refractivity contribution < 1.29 is 8.85 Å². The number of hydrogen-bond donors (Lipinski definition) is 1. The summed E-state index contributed by atoms with van der Waals surface area (Å²) in [6, 6.07) is 0.988. The lowest BCUT2D eigenvalue weighted by Gasteiger charge is -2.25. The molecule has 1 unspecified atom stereocenters. The zero-order valence-electron chi connectivity index (χ0n) is 10.6. The molecule has 0 saturated heterocycles. The van der Waals surface area contributed by atoms with E-state index < -0.39 is 8.56 Å². The molecule has 0 aliphatic carbocycles. The summed E-state index contributed by atoms with van der Waals surface area (Å²) >= 11 is 0. The fourth-order valence-corrected chi connectivity index (χ4v) is 3.21. The fraction of sp³-hybridized carbons (Fsp3) is 1.00. The highest BCUT2D eigenvalue weighted by Gasteiger charge is 2.28. The molecule has 0 bridgehead atoms. The first kappa shape index (κ1) is 15.1. The summed E-state index contributed by atoms with van der Waals surface area (Å²) in [5.74, 6) is 0. The molecule has 5 heteroatoms. The molecule has 0 aromatic rings. The maximum Gasteiger partial charge on any atom is 0.334 e. The van der Waals surface area contributed by atoms with E-state index in [9.17, 15) is 0 Å². The van der Waals surface area contributed by atoms with Gasteiger partial charge in [-0.15, -0.1) is 0 Å². The summed E-state index contributed by atoms with van der Waals surface area (Å²) in [7, 11) is 3.97. The minimum absolute atomic E-state index is 0.715. The third-order valence-electron chi connectivity index (χ3n) is 2.42. The number of nitrogens with two attached hydrogens (primary N) is 1. The van der Waals surface area contributed by atoms with E-state index in [0.717, 1.165) is 32.0 Å². The molecule has 0 aromatic carbocycles. The van der Waals surface area contributed by atoms with Crippen LogP contribution in [0.3, 0.4) is 0 Å². The zero-order chi connectivity index (χ0) is 11.7. The third-order valence-corrected chi connectivity index (χ3v) is 5.36. The Hall–Kier alpha value is 0.0569. The lowest BCUT2D eigenvalue weighted by molar-refractivity contribution is 0.193. The minimum atomic E-state index is -1.91. The number of nitrogens with zero attached hydrogens (tertiary/aromatic N) is 1. The van der Waals surface area contributed by atoms with E-state index in [-0.39, 0.29) is 0 Å². The standard InChI is InChI=1S/C10H26N2O2Si/c1-12(2)8-6-9-14-15(4,13-3)10-5-7-11/h5-11H2,1-4H3. The van der Waals surface area contributed by atoms with Crippen molar-refractivity contribution in [2.45, 2.75) is 25.4 Å². The van der Waals surface area contributed by atoms with E-state index in [2.05, 4.69) is 25.5 Å². The smallest absolute Gasteiger partial charge is 0.334 e. The quantitative estimate of drug-likeness (QED) is 0.478. The fourth-order valence-electron chi connectivity index (χ4n) is 1.33. The number of hydrogen-bond acceptors (Lipinski definition) is 4. The monoisotopic (exact) mass is 234 g/mol. The van der Waals surface area contributed by atoms with E-state index in [1.165, 1.54) is 0 Å². The van der Waals surface area contributed by atoms with Gasteiger partial charge in [0.2, 0.25) is 0 Å². The summed E-state index contributed by atoms with van der Waals surface area (Å²) in [5, 5.41) is 0. The molecule has 0 rings (SSSR count). The van der Waals surface area contributed by atoms with Gasteiger partial charge in [-0.1, -0.05) is 0 Å². The lowest BCUT2D eigenvalue weighted by atomic mass is 10.4. The summed E-state index contributed by atoms with van der Waals surface area (Å²) in [6.45, 7) is 4.68. The molecule has 1 atom stereocenters. The van der Waals surface area contributed by atoms with Gasteiger partial charge in [0.05, 0.1) is 0 Å². The van der Waals surface area contributed by atoms with Gasteiger partial charge < -0.3 is 19.5 Å². The van der Waals surface area contributed by atoms with Crippen LogP contribution in [0.5, 0.6) is 0 Å². The van der Waals surface area contributed by atoms with Gasteiger partial charge in [-0.3, -0.25) is 0 Å². The molecule has 0 fully saturated rings. The maximum atomic E-state index is 5.87. The molecule has 0 aromatic heterocycles. The molecular formula is C10H26N2O2Si. The molecule has 0 aliphatic rings. The predicted octanol–water partition coefficient (Wildman–Crippen LogP) is 1.02. The Bertz CT molecular complexity index is 158. The third kappa shape index (κ3) is 7.93. The van der Waals surface area contributed by atoms with Gasteiger partial charge in [-0.25, -0.2) is 0 Å². The van der Waals surface area contributed by atoms with Crippen LogP contribution in [0.4, 0.5) is 0 Å². The molecule has 2 N–H and O–H groups in total. The normalized spacial score (nSPS) is 15.6. The Kier molecular flexibility index (Phi) is 8.27. The van der Waals surface area contributed by atoms with Crippen LogP contribution in [0.2, 0.25) is 12.6 Å². The van der Waals surface area contributed by atoms with E-state index in [1.54, 1.807) is 7.11 Å². The van der Waals surface area contributed by atoms with Crippen LogP contribution in [-0.4, -0.2) is 54.4 Å². The van der Waals surface area contributed by atoms with E-state index in [4.69, 9.17) is 14.6 Å². The van der Waals surface area contributed by atoms with Crippen molar-refractivity contribution in [3.63, 3.8) is 0 Å². The summed E-state index contributed by atoms with van der Waals surface area (Å²) in [6.07, 6.45) is 2.05. The second-order valence-electron chi connectivity index (χ2n) is 4.24. The Morgan fingerprint density at radius 2 is 1.93 bits per heavy atom. The van der Waals surface area contributed by atoms with Gasteiger partial charge in [0.1, 0.15) is 0 Å². The first-order valence-electron chi connectivity index (χ1n) is 5.58. The molecule has 0 radical (unpaired) electrons. The van der Waals surface area contributed by atoms with Crippen LogP contribution < -0.4 is 5.73 Å². The van der Waals surface area contributed by atoms with Crippen molar-refractivity contribution >= 4 is 8.56 Å². The Labute approximate surface area is 95.0 Å². The zero-order valence-corrected chi connectivity index (χ0v) is 11.6. The average molecular weight is 234 g/mol. The van der Waals surface area contributed by atoms with Crippen molar-refractivity contribution in [1.82, 2.24) is 4.90 Å². The molecule has 0 spiro atoms. The van der Waals surface area contributed by atoms with Gasteiger partial charge in [-0.05, 0) is 52.6 Å². The van der Waals surface area contributed by atoms with Gasteiger partial charge in [0, 0.05) is 13.7 Å². The molecule has 4 nitrogen and oxygen atoms in total. The predicted molar refractivity (Wildman–Crippen MR) is 66.2 cm³/mol. The number of rotatable bonds is 9. The summed E-state index contributed by atoms with van der Waals surface area (Å²) in [5.41, 5.74) is 5.49. The van der Waals surface area contributed by atoms with Gasteiger partial charge in [-0.2, -0.15) is 0 Å². The topological polar surface area (TPSA) is 47.7 Å². The molecular weight excluding hydrogens is 208 g/mol. The van der Waals surface area contributed by atoms with Crippen molar-refractivity contribution in [2.75, 3.05) is 40.9 Å². The maximum absolute atomic E-state index is 5.87. The average Bonchev–Trinajstić information content (AvgIpc) is 2.21. The summed E-state index contributed by atoms with van der Waals surface area (Å²) < 4.78 is 11.4. The largest absolute Gasteiger partial charge is 0.398 e. The Balaban J connectivity index is 3.67. The minimum Gasteiger partial charge on any atom is -0.398 e. The molecule has 0 saturated carbocycles. The second kappa shape index (κ2) is 8.24. The van der Waals surface area contributed by atoms with E-state index in [1.807, 2.05) is 0 Å². The Morgan fingerprint density at radius 3 is 2.40 bits per heavy atom. The van der Waals surface area contributed by atoms with Crippen LogP contribution in [-0.2, 0) is 8.85 Å². The first-order chi connectivity index (χ1) is 7.04. The lowest BCUT2D eigenvalue weighted by Crippen LogP contribution is -2.38. The summed E-state index contributed by atoms with van der Waals surface area (Å²) in [4.78, 5) is 2.16. The van der Waals surface area contributed by atoms with Crippen LogP contribution in [0.15, 0.2) is 0 Å². The van der Waals surface area contributed by atoms with Crippen LogP contribution in [0.25, 0.3) is 0 Å². The van der Waals surface area contributed by atoms with Crippen molar-refractivity contribution in [3.05, 3.63) is 0 Å². The van der Waals surface area contributed by atoms with Crippen LogP contribution in [0, 0.1) is 0 Å². The van der Waals surface area contributed by atoms with Crippen molar-refractivity contribution in [2.24, 2.45) is 5.73 Å². The first-order valence-corrected chi connectivity index (χ1v) is 8.10. The molecule has 0 heterocycles.